The van der Waals surface area contributed by atoms with E-state index >= 15 is 0 Å². The molecule has 1 N–H and O–H groups in total. The average molecular weight is 304 g/mol. The van der Waals surface area contributed by atoms with Crippen LogP contribution in [0.5, 0.6) is 0 Å². The maximum Gasteiger partial charge on any atom is 1.00 e. The molecule has 0 aromatic carbocycles. The van der Waals surface area contributed by atoms with Crippen molar-refractivity contribution in [2.75, 3.05) is 5.75 Å². The van der Waals surface area contributed by atoms with Gasteiger partial charge in [-0.05, 0) is 18.8 Å². The molecule has 6 nitrogen and oxygen atoms in total. The largest absolute Gasteiger partial charge is 1.00 e. The molecule has 0 saturated carbocycles. The molecule has 0 aliphatic heterocycles. The summed E-state index contributed by atoms with van der Waals surface area (Å²) < 4.78 is 36.8. The predicted octanol–water partition coefficient (Wildman–Crippen LogP) is -2.35. The van der Waals surface area contributed by atoms with Gasteiger partial charge in [-0.2, -0.15) is 0 Å². The topological polar surface area (TPSA) is 104 Å². The predicted molar refractivity (Wildman–Crippen MR) is 64.8 cm³/mol. The molecular formula is C11H21NaO6S. The van der Waals surface area contributed by atoms with Gasteiger partial charge in [0.15, 0.2) is 0 Å². The van der Waals surface area contributed by atoms with E-state index in [0.717, 1.165) is 0 Å². The third-order valence-corrected chi connectivity index (χ3v) is 3.47. The fourth-order valence-corrected chi connectivity index (χ4v) is 2.60. The van der Waals surface area contributed by atoms with Gasteiger partial charge in [-0.15, -0.1) is 0 Å². The van der Waals surface area contributed by atoms with Crippen LogP contribution in [0.3, 0.4) is 0 Å². The minimum atomic E-state index is -4.28. The normalized spacial score (nSPS) is 16.1. The molecule has 108 valence electrons. The minimum absolute atomic E-state index is 0. The maximum absolute atomic E-state index is 10.9. The van der Waals surface area contributed by atoms with E-state index in [1.54, 1.807) is 13.8 Å². The third kappa shape index (κ3) is 13.1. The summed E-state index contributed by atoms with van der Waals surface area (Å²) in [7, 11) is -4.28. The third-order valence-electron chi connectivity index (χ3n) is 2.49. The molecule has 0 aliphatic carbocycles. The van der Waals surface area contributed by atoms with E-state index in [1.165, 1.54) is 6.92 Å². The molecule has 0 rings (SSSR count). The Morgan fingerprint density at radius 2 is 1.89 bits per heavy atom. The summed E-state index contributed by atoms with van der Waals surface area (Å²) in [6.45, 7) is 4.64. The molecule has 0 aromatic heterocycles. The van der Waals surface area contributed by atoms with Crippen LogP contribution >= 0.6 is 0 Å². The van der Waals surface area contributed by atoms with Crippen molar-refractivity contribution in [3.05, 3.63) is 0 Å². The summed E-state index contributed by atoms with van der Waals surface area (Å²) in [6.07, 6.45) is -0.150. The Morgan fingerprint density at radius 3 is 2.26 bits per heavy atom. The molecule has 19 heavy (non-hydrogen) atoms. The van der Waals surface area contributed by atoms with Crippen LogP contribution in [-0.2, 0) is 19.6 Å². The van der Waals surface area contributed by atoms with Gasteiger partial charge in [-0.3, -0.25) is 4.79 Å². The summed E-state index contributed by atoms with van der Waals surface area (Å²) in [5.74, 6) is -1.39. The average Bonchev–Trinajstić information content (AvgIpc) is 2.12. The summed E-state index contributed by atoms with van der Waals surface area (Å²) in [4.78, 5) is 10.9. The molecule has 0 amide bonds. The Morgan fingerprint density at radius 1 is 1.37 bits per heavy atom. The van der Waals surface area contributed by atoms with Crippen molar-refractivity contribution in [3.8, 4) is 0 Å². The van der Waals surface area contributed by atoms with Crippen molar-refractivity contribution >= 4 is 16.1 Å². The van der Waals surface area contributed by atoms with E-state index in [0.29, 0.717) is 6.42 Å². The number of esters is 1. The first-order valence-electron chi connectivity index (χ1n) is 5.92. The zero-order valence-corrected chi connectivity index (χ0v) is 14.8. The van der Waals surface area contributed by atoms with Crippen LogP contribution in [0, 0.1) is 5.92 Å². The Hall–Kier alpha value is 0.340. The van der Waals surface area contributed by atoms with Crippen LogP contribution in [0.2, 0.25) is 0 Å². The number of hydrogen-bond donors (Lipinski definition) is 1. The summed E-state index contributed by atoms with van der Waals surface area (Å²) in [6, 6.07) is 0. The van der Waals surface area contributed by atoms with Crippen LogP contribution in [0.25, 0.3) is 0 Å². The minimum Gasteiger partial charge on any atom is -0.748 e. The molecule has 0 aliphatic rings. The first kappa shape index (κ1) is 21.6. The SMILES string of the molecule is CCC(O)CC(CC(C)CS(=O)(=O)[O-])OC(C)=O.[Na+]. The van der Waals surface area contributed by atoms with Gasteiger partial charge in [0.2, 0.25) is 0 Å². The van der Waals surface area contributed by atoms with Crippen LogP contribution in [-0.4, -0.2) is 42.0 Å². The molecule has 0 saturated heterocycles. The van der Waals surface area contributed by atoms with E-state index in [9.17, 15) is 22.9 Å². The van der Waals surface area contributed by atoms with E-state index in [1.807, 2.05) is 0 Å². The smallest absolute Gasteiger partial charge is 0.748 e. The number of rotatable bonds is 8. The summed E-state index contributed by atoms with van der Waals surface area (Å²) in [5, 5.41) is 9.52. The van der Waals surface area contributed by atoms with Crippen LogP contribution in [0.4, 0.5) is 0 Å². The quantitative estimate of drug-likeness (QED) is 0.306. The van der Waals surface area contributed by atoms with Crippen molar-refractivity contribution in [1.82, 2.24) is 0 Å². The van der Waals surface area contributed by atoms with Crippen molar-refractivity contribution in [1.29, 1.82) is 0 Å². The van der Waals surface area contributed by atoms with Gasteiger partial charge in [0, 0.05) is 19.1 Å². The van der Waals surface area contributed by atoms with E-state index in [4.69, 9.17) is 4.74 Å². The monoisotopic (exact) mass is 304 g/mol. The Kier molecular flexibility index (Phi) is 11.5. The number of hydrogen-bond acceptors (Lipinski definition) is 6. The molecule has 0 spiro atoms. The second-order valence-electron chi connectivity index (χ2n) is 4.59. The molecular weight excluding hydrogens is 283 g/mol. The van der Waals surface area contributed by atoms with Gasteiger partial charge in [0.1, 0.15) is 6.10 Å². The Balaban J connectivity index is 0. The molecule has 0 bridgehead atoms. The van der Waals surface area contributed by atoms with E-state index in [2.05, 4.69) is 0 Å². The second-order valence-corrected chi connectivity index (χ2v) is 6.04. The molecule has 0 radical (unpaired) electrons. The number of carbonyl (C=O) groups excluding carboxylic acids is 1. The van der Waals surface area contributed by atoms with Gasteiger partial charge < -0.3 is 14.4 Å². The number of ether oxygens (including phenoxy) is 1. The number of aliphatic hydroxyl groups is 1. The Bertz CT molecular complexity index is 356. The maximum atomic E-state index is 10.9. The first-order chi connectivity index (χ1) is 8.14. The van der Waals surface area contributed by atoms with Crippen LogP contribution in [0.1, 0.15) is 40.0 Å². The van der Waals surface area contributed by atoms with Crippen LogP contribution in [0.15, 0.2) is 0 Å². The van der Waals surface area contributed by atoms with Gasteiger partial charge in [0.25, 0.3) is 0 Å². The fraction of sp³-hybridized carbons (Fsp3) is 0.909. The van der Waals surface area contributed by atoms with E-state index in [-0.39, 0.29) is 42.4 Å². The number of carbonyl (C=O) groups is 1. The standard InChI is InChI=1S/C11H22O6S.Na/c1-4-10(13)6-11(17-9(3)12)5-8(2)7-18(14,15)16;/h8,10-11,13H,4-7H2,1-3H3,(H,14,15,16);/q;+1/p-1. The summed E-state index contributed by atoms with van der Waals surface area (Å²) in [5.41, 5.74) is 0. The van der Waals surface area contributed by atoms with Crippen LogP contribution < -0.4 is 29.6 Å². The van der Waals surface area contributed by atoms with Gasteiger partial charge in [-0.25, -0.2) is 8.42 Å². The van der Waals surface area contributed by atoms with Crippen molar-refractivity contribution in [2.45, 2.75) is 52.2 Å². The van der Waals surface area contributed by atoms with Gasteiger partial charge in [-0.1, -0.05) is 13.8 Å². The molecule has 3 unspecified atom stereocenters. The van der Waals surface area contributed by atoms with Crippen molar-refractivity contribution < 1.29 is 57.2 Å². The first-order valence-corrected chi connectivity index (χ1v) is 7.50. The van der Waals surface area contributed by atoms with E-state index < -0.39 is 40.0 Å². The zero-order valence-electron chi connectivity index (χ0n) is 12.0. The fourth-order valence-electron chi connectivity index (χ4n) is 1.76. The second kappa shape index (κ2) is 10.1. The van der Waals surface area contributed by atoms with Crippen molar-refractivity contribution in [2.24, 2.45) is 5.92 Å². The van der Waals surface area contributed by atoms with Gasteiger partial charge >= 0.3 is 35.5 Å². The van der Waals surface area contributed by atoms with Gasteiger partial charge in [0.05, 0.1) is 16.2 Å². The molecule has 3 atom stereocenters. The number of aliphatic hydroxyl groups excluding tert-OH is 1. The Labute approximate surface area is 137 Å². The van der Waals surface area contributed by atoms with Crippen molar-refractivity contribution in [3.63, 3.8) is 0 Å². The summed E-state index contributed by atoms with van der Waals surface area (Å²) >= 11 is 0. The molecule has 0 fully saturated rings. The zero-order chi connectivity index (χ0) is 14.3. The molecule has 0 heterocycles. The molecule has 0 aromatic rings. The molecule has 8 heteroatoms.